The number of halogens is 4. The Morgan fingerprint density at radius 2 is 1.70 bits per heavy atom. The van der Waals surface area contributed by atoms with E-state index in [1.165, 1.54) is 0 Å². The summed E-state index contributed by atoms with van der Waals surface area (Å²) in [4.78, 5) is 4.38. The molecule has 2 rings (SSSR count). The number of anilines is 1. The molecule has 0 saturated carbocycles. The third-order valence-electron chi connectivity index (χ3n) is 3.06. The Labute approximate surface area is 161 Å². The molecule has 0 aliphatic rings. The molecule has 0 bridgehead atoms. The monoisotopic (exact) mass is 405 g/mol. The van der Waals surface area contributed by atoms with Gasteiger partial charge in [0, 0.05) is 16.8 Å². The van der Waals surface area contributed by atoms with Gasteiger partial charge in [-0.2, -0.15) is 29.0 Å². The minimum Gasteiger partial charge on any atom is -0.345 e. The van der Waals surface area contributed by atoms with Crippen molar-refractivity contribution in [2.45, 2.75) is 16.1 Å². The summed E-state index contributed by atoms with van der Waals surface area (Å²) in [6.45, 7) is 0. The predicted octanol–water partition coefficient (Wildman–Crippen LogP) is 5.14. The highest BCUT2D eigenvalue weighted by Crippen LogP contribution is 2.36. The van der Waals surface area contributed by atoms with Gasteiger partial charge < -0.3 is 5.32 Å². The molecule has 27 heavy (non-hydrogen) atoms. The van der Waals surface area contributed by atoms with Gasteiger partial charge in [-0.25, -0.2) is 4.98 Å². The van der Waals surface area contributed by atoms with Crippen LogP contribution in [-0.2, 0) is 6.18 Å². The summed E-state index contributed by atoms with van der Waals surface area (Å²) in [6, 6.07) is 12.2. The van der Waals surface area contributed by atoms with E-state index >= 15 is 0 Å². The second-order valence-corrected chi connectivity index (χ2v) is 6.32. The van der Waals surface area contributed by atoms with Crippen molar-refractivity contribution in [2.24, 2.45) is 0 Å². The zero-order valence-corrected chi connectivity index (χ0v) is 14.7. The molecule has 0 amide bonds. The number of hydrogen-bond donors (Lipinski definition) is 1. The maximum Gasteiger partial charge on any atom is 0.417 e. The summed E-state index contributed by atoms with van der Waals surface area (Å²) >= 11 is 6.93. The summed E-state index contributed by atoms with van der Waals surface area (Å²) in [5.74, 6) is 0. The van der Waals surface area contributed by atoms with Crippen molar-refractivity contribution in [3.05, 3.63) is 58.4 Å². The predicted molar refractivity (Wildman–Crippen MR) is 92.3 cm³/mol. The lowest BCUT2D eigenvalue weighted by molar-refractivity contribution is -0.137. The van der Waals surface area contributed by atoms with Crippen LogP contribution in [0.3, 0.4) is 0 Å². The van der Waals surface area contributed by atoms with Crippen LogP contribution in [0.1, 0.15) is 5.56 Å². The quantitative estimate of drug-likeness (QED) is 0.707. The molecule has 5 nitrogen and oxygen atoms in total. The Balaban J connectivity index is 2.18. The number of nitrogens with zero attached hydrogens (tertiary/aromatic N) is 4. The minimum absolute atomic E-state index is 0.126. The number of nitrogens with one attached hydrogen (secondary N) is 1. The van der Waals surface area contributed by atoms with E-state index in [9.17, 15) is 13.2 Å². The van der Waals surface area contributed by atoms with E-state index < -0.39 is 11.7 Å². The maximum absolute atomic E-state index is 12.6. The molecule has 0 atom stereocenters. The molecule has 1 aromatic carbocycles. The van der Waals surface area contributed by atoms with Crippen LogP contribution in [0, 0.1) is 34.0 Å². The molecule has 0 spiro atoms. The SMILES string of the molecule is N#CC(C#N)=C(C#N)Nc1ccc(Sc2ncc(C(F)(F)F)cc2Cl)cc1. The van der Waals surface area contributed by atoms with Gasteiger partial charge in [-0.1, -0.05) is 23.4 Å². The second-order valence-electron chi connectivity index (χ2n) is 4.85. The lowest BCUT2D eigenvalue weighted by atomic mass is 10.2. The summed E-state index contributed by atoms with van der Waals surface area (Å²) in [7, 11) is 0. The number of nitriles is 3. The van der Waals surface area contributed by atoms with E-state index in [4.69, 9.17) is 27.4 Å². The first-order valence-corrected chi connectivity index (χ1v) is 8.20. The summed E-state index contributed by atoms with van der Waals surface area (Å²) in [5.41, 5.74) is -1.02. The van der Waals surface area contributed by atoms with Crippen LogP contribution in [0.15, 0.2) is 57.7 Å². The molecule has 0 unspecified atom stereocenters. The average molecular weight is 406 g/mol. The van der Waals surface area contributed by atoms with E-state index in [0.717, 1.165) is 17.8 Å². The third kappa shape index (κ3) is 5.15. The number of pyridine rings is 1. The standard InChI is InChI=1S/C17H7ClF3N5S/c18-14-5-11(17(19,20)21)9-25-16(14)27-13-3-1-12(2-4-13)26-15(8-24)10(6-22)7-23/h1-5,9,26H. The maximum atomic E-state index is 12.6. The van der Waals surface area contributed by atoms with Gasteiger partial charge in [0.2, 0.25) is 0 Å². The number of alkyl halides is 3. The van der Waals surface area contributed by atoms with Crippen molar-refractivity contribution < 1.29 is 13.2 Å². The van der Waals surface area contributed by atoms with Crippen LogP contribution >= 0.6 is 23.4 Å². The van der Waals surface area contributed by atoms with Gasteiger partial charge in [0.05, 0.1) is 10.6 Å². The molecule has 1 aromatic heterocycles. The Kier molecular flexibility index (Phi) is 6.31. The van der Waals surface area contributed by atoms with Gasteiger partial charge in [0.15, 0.2) is 5.57 Å². The molecule has 1 heterocycles. The Bertz CT molecular complexity index is 995. The molecule has 10 heteroatoms. The number of aromatic nitrogens is 1. The van der Waals surface area contributed by atoms with Gasteiger partial charge in [-0.3, -0.25) is 0 Å². The molecule has 0 fully saturated rings. The third-order valence-corrected chi connectivity index (χ3v) is 4.49. The topological polar surface area (TPSA) is 96.3 Å². The summed E-state index contributed by atoms with van der Waals surface area (Å²) in [6.07, 6.45) is -3.82. The lowest BCUT2D eigenvalue weighted by Gasteiger charge is -2.09. The Morgan fingerprint density at radius 1 is 1.07 bits per heavy atom. The zero-order valence-electron chi connectivity index (χ0n) is 13.2. The number of rotatable bonds is 4. The summed E-state index contributed by atoms with van der Waals surface area (Å²) in [5, 5.41) is 29.3. The fraction of sp³-hybridized carbons (Fsp3) is 0.0588. The highest BCUT2D eigenvalue weighted by Gasteiger charge is 2.31. The molecule has 0 saturated heterocycles. The van der Waals surface area contributed by atoms with Gasteiger partial charge in [0.1, 0.15) is 28.9 Å². The normalized spacial score (nSPS) is 10.3. The molecular formula is C17H7ClF3N5S. The first-order valence-electron chi connectivity index (χ1n) is 7.00. The van der Waals surface area contributed by atoms with Crippen LogP contribution in [0.5, 0.6) is 0 Å². The van der Waals surface area contributed by atoms with Gasteiger partial charge in [0.25, 0.3) is 0 Å². The number of benzene rings is 1. The molecule has 2 aromatic rings. The van der Waals surface area contributed by atoms with Gasteiger partial charge >= 0.3 is 6.18 Å². The fourth-order valence-electron chi connectivity index (χ4n) is 1.80. The van der Waals surface area contributed by atoms with Crippen molar-refractivity contribution >= 4 is 29.1 Å². The van der Waals surface area contributed by atoms with Crippen molar-refractivity contribution in [1.82, 2.24) is 4.98 Å². The largest absolute Gasteiger partial charge is 0.417 e. The highest BCUT2D eigenvalue weighted by atomic mass is 35.5. The van der Waals surface area contributed by atoms with Crippen LogP contribution < -0.4 is 5.32 Å². The Hall–Kier alpha value is -3.19. The highest BCUT2D eigenvalue weighted by molar-refractivity contribution is 7.99. The minimum atomic E-state index is -4.52. The Morgan fingerprint density at radius 3 is 2.19 bits per heavy atom. The molecule has 134 valence electrons. The van der Waals surface area contributed by atoms with Crippen molar-refractivity contribution in [2.75, 3.05) is 5.32 Å². The first kappa shape index (κ1) is 20.1. The second kappa shape index (κ2) is 8.46. The van der Waals surface area contributed by atoms with E-state index in [1.54, 1.807) is 42.5 Å². The van der Waals surface area contributed by atoms with E-state index in [-0.39, 0.29) is 21.3 Å². The fourth-order valence-corrected chi connectivity index (χ4v) is 2.84. The van der Waals surface area contributed by atoms with Crippen LogP contribution in [0.25, 0.3) is 0 Å². The first-order chi connectivity index (χ1) is 12.8. The molecule has 1 N–H and O–H groups in total. The van der Waals surface area contributed by atoms with E-state index in [1.807, 2.05) is 0 Å². The van der Waals surface area contributed by atoms with Crippen molar-refractivity contribution in [1.29, 1.82) is 15.8 Å². The van der Waals surface area contributed by atoms with E-state index in [0.29, 0.717) is 16.8 Å². The molecule has 0 aliphatic heterocycles. The number of allylic oxidation sites excluding steroid dienone is 2. The summed E-state index contributed by atoms with van der Waals surface area (Å²) < 4.78 is 37.9. The lowest BCUT2D eigenvalue weighted by Crippen LogP contribution is -2.05. The number of hydrogen-bond acceptors (Lipinski definition) is 6. The van der Waals surface area contributed by atoms with Crippen LogP contribution in [-0.4, -0.2) is 4.98 Å². The van der Waals surface area contributed by atoms with Crippen molar-refractivity contribution in [3.8, 4) is 18.2 Å². The van der Waals surface area contributed by atoms with Gasteiger partial charge in [-0.05, 0) is 30.3 Å². The van der Waals surface area contributed by atoms with Crippen molar-refractivity contribution in [3.63, 3.8) is 0 Å². The average Bonchev–Trinajstić information content (AvgIpc) is 2.64. The molecule has 0 aliphatic carbocycles. The zero-order chi connectivity index (χ0) is 20.0. The smallest absolute Gasteiger partial charge is 0.345 e. The van der Waals surface area contributed by atoms with Gasteiger partial charge in [-0.15, -0.1) is 0 Å². The molecular weight excluding hydrogens is 399 g/mol. The molecule has 0 radical (unpaired) electrons. The van der Waals surface area contributed by atoms with E-state index in [2.05, 4.69) is 10.3 Å². The van der Waals surface area contributed by atoms with Crippen LogP contribution in [0.2, 0.25) is 5.02 Å². The van der Waals surface area contributed by atoms with Crippen LogP contribution in [0.4, 0.5) is 18.9 Å².